The van der Waals surface area contributed by atoms with Gasteiger partial charge in [-0.2, -0.15) is 5.26 Å². The number of pyridine rings is 1. The van der Waals surface area contributed by atoms with Gasteiger partial charge >= 0.3 is 0 Å². The molecule has 0 aromatic carbocycles. The lowest BCUT2D eigenvalue weighted by molar-refractivity contribution is 0.307. The van der Waals surface area contributed by atoms with Crippen LogP contribution in [-0.2, 0) is 19.4 Å². The lowest BCUT2D eigenvalue weighted by Gasteiger charge is -2.25. The Morgan fingerprint density at radius 1 is 1.52 bits per heavy atom. The zero-order chi connectivity index (χ0) is 15.8. The van der Waals surface area contributed by atoms with Crippen molar-refractivity contribution in [3.63, 3.8) is 0 Å². The summed E-state index contributed by atoms with van der Waals surface area (Å²) in [5.74, 6) is 0. The topological polar surface area (TPSA) is 71.9 Å². The zero-order valence-electron chi connectivity index (χ0n) is 13.5. The average molecular weight is 290 g/mol. The number of likely N-dealkylation sites (N-methyl/N-ethyl adjacent to an activating group) is 2. The summed E-state index contributed by atoms with van der Waals surface area (Å²) < 4.78 is 0. The second-order valence-corrected chi connectivity index (χ2v) is 5.50. The highest BCUT2D eigenvalue weighted by Crippen LogP contribution is 2.15. The zero-order valence-corrected chi connectivity index (χ0v) is 13.5. The van der Waals surface area contributed by atoms with Crippen LogP contribution in [0.1, 0.15) is 37.1 Å². The van der Waals surface area contributed by atoms with Crippen molar-refractivity contribution >= 4 is 0 Å². The number of rotatable bonds is 3. The van der Waals surface area contributed by atoms with E-state index in [1.807, 2.05) is 13.1 Å². The smallest absolute Gasteiger partial charge is 0.251 e. The summed E-state index contributed by atoms with van der Waals surface area (Å²) in [4.78, 5) is 17.1. The SMILES string of the molecule is CCC.CNC(C#N)Cc1cc2c([nH]c1=O)CN(C)CC2. The van der Waals surface area contributed by atoms with Crippen molar-refractivity contribution in [1.29, 1.82) is 5.26 Å². The van der Waals surface area contributed by atoms with Crippen molar-refractivity contribution in [2.45, 2.75) is 45.7 Å². The molecule has 21 heavy (non-hydrogen) atoms. The van der Waals surface area contributed by atoms with Gasteiger partial charge in [-0.3, -0.25) is 4.79 Å². The molecular formula is C16H26N4O. The highest BCUT2D eigenvalue weighted by Gasteiger charge is 2.17. The van der Waals surface area contributed by atoms with Gasteiger partial charge in [-0.15, -0.1) is 0 Å². The molecule has 1 unspecified atom stereocenters. The van der Waals surface area contributed by atoms with Crippen molar-refractivity contribution in [2.75, 3.05) is 20.6 Å². The standard InChI is InChI=1S/C13H18N4O.C3H8/c1-15-11(7-14)6-10-5-9-3-4-17(2)8-12(9)16-13(10)18;1-3-2/h5,11,15H,3-4,6,8H2,1-2H3,(H,16,18);3H2,1-2H3. The summed E-state index contributed by atoms with van der Waals surface area (Å²) in [5, 5.41) is 11.8. The Labute approximate surface area is 127 Å². The van der Waals surface area contributed by atoms with E-state index >= 15 is 0 Å². The summed E-state index contributed by atoms with van der Waals surface area (Å²) >= 11 is 0. The Hall–Kier alpha value is -1.64. The van der Waals surface area contributed by atoms with Gasteiger partial charge in [0.2, 0.25) is 0 Å². The maximum atomic E-state index is 12.0. The number of fused-ring (bicyclic) bond motifs is 1. The molecule has 1 aliphatic rings. The molecule has 0 aliphatic carbocycles. The summed E-state index contributed by atoms with van der Waals surface area (Å²) in [6.45, 7) is 6.05. The highest BCUT2D eigenvalue weighted by atomic mass is 16.1. The molecule has 0 amide bonds. The molecule has 5 nitrogen and oxygen atoms in total. The van der Waals surface area contributed by atoms with Crippen LogP contribution in [0.5, 0.6) is 0 Å². The molecule has 0 saturated heterocycles. The largest absolute Gasteiger partial charge is 0.324 e. The lowest BCUT2D eigenvalue weighted by atomic mass is 10.0. The number of aromatic amines is 1. The first kappa shape index (κ1) is 17.4. The predicted octanol–water partition coefficient (Wildman–Crippen LogP) is 1.43. The molecule has 0 bridgehead atoms. The van der Waals surface area contributed by atoms with Crippen LogP contribution in [0, 0.1) is 11.3 Å². The molecule has 1 aliphatic heterocycles. The number of H-pyrrole nitrogens is 1. The maximum absolute atomic E-state index is 12.0. The molecule has 1 atom stereocenters. The first-order valence-corrected chi connectivity index (χ1v) is 7.55. The summed E-state index contributed by atoms with van der Waals surface area (Å²) in [7, 11) is 3.78. The van der Waals surface area contributed by atoms with Crippen molar-refractivity contribution in [1.82, 2.24) is 15.2 Å². The molecule has 0 fully saturated rings. The third kappa shape index (κ3) is 5.00. The highest BCUT2D eigenvalue weighted by molar-refractivity contribution is 5.28. The van der Waals surface area contributed by atoms with E-state index in [0.29, 0.717) is 12.0 Å². The van der Waals surface area contributed by atoms with Crippen LogP contribution in [0.3, 0.4) is 0 Å². The third-order valence-corrected chi connectivity index (χ3v) is 3.41. The number of hydrogen-bond acceptors (Lipinski definition) is 4. The Bertz CT molecular complexity index is 544. The minimum atomic E-state index is -0.310. The van der Waals surface area contributed by atoms with Gasteiger partial charge in [-0.25, -0.2) is 0 Å². The van der Waals surface area contributed by atoms with Crippen LogP contribution in [0.4, 0.5) is 0 Å². The molecule has 0 radical (unpaired) electrons. The van der Waals surface area contributed by atoms with Gasteiger partial charge in [0.1, 0.15) is 0 Å². The van der Waals surface area contributed by atoms with Crippen molar-refractivity contribution < 1.29 is 0 Å². The third-order valence-electron chi connectivity index (χ3n) is 3.41. The summed E-state index contributed by atoms with van der Waals surface area (Å²) in [6, 6.07) is 3.79. The fourth-order valence-corrected chi connectivity index (χ4v) is 2.27. The average Bonchev–Trinajstić information content (AvgIpc) is 2.46. The molecule has 2 heterocycles. The molecule has 0 saturated carbocycles. The second-order valence-electron chi connectivity index (χ2n) is 5.50. The van der Waals surface area contributed by atoms with Gasteiger partial charge in [0.25, 0.3) is 5.56 Å². The molecular weight excluding hydrogens is 264 g/mol. The maximum Gasteiger partial charge on any atom is 0.251 e. The van der Waals surface area contributed by atoms with Crippen LogP contribution < -0.4 is 10.9 Å². The van der Waals surface area contributed by atoms with Crippen molar-refractivity contribution in [3.8, 4) is 6.07 Å². The van der Waals surface area contributed by atoms with Gasteiger partial charge in [0, 0.05) is 30.8 Å². The van der Waals surface area contributed by atoms with Crippen LogP contribution >= 0.6 is 0 Å². The van der Waals surface area contributed by atoms with Gasteiger partial charge in [0.15, 0.2) is 0 Å². The number of nitriles is 1. The number of hydrogen-bond donors (Lipinski definition) is 2. The Balaban J connectivity index is 0.000000677. The van der Waals surface area contributed by atoms with E-state index in [-0.39, 0.29) is 11.6 Å². The second kappa shape index (κ2) is 8.60. The minimum absolute atomic E-state index is 0.0699. The molecule has 0 spiro atoms. The fourth-order valence-electron chi connectivity index (χ4n) is 2.27. The van der Waals surface area contributed by atoms with Crippen LogP contribution in [0.25, 0.3) is 0 Å². The van der Waals surface area contributed by atoms with Crippen LogP contribution in [0.15, 0.2) is 10.9 Å². The minimum Gasteiger partial charge on any atom is -0.324 e. The van der Waals surface area contributed by atoms with E-state index in [1.165, 1.54) is 12.0 Å². The normalized spacial score (nSPS) is 15.4. The molecule has 2 N–H and O–H groups in total. The molecule has 1 aromatic heterocycles. The van der Waals surface area contributed by atoms with Crippen molar-refractivity contribution in [3.05, 3.63) is 33.2 Å². The van der Waals surface area contributed by atoms with Gasteiger partial charge in [-0.1, -0.05) is 20.3 Å². The summed E-state index contributed by atoms with van der Waals surface area (Å²) in [6.07, 6.45) is 2.65. The monoisotopic (exact) mass is 290 g/mol. The van der Waals surface area contributed by atoms with E-state index in [9.17, 15) is 4.79 Å². The Morgan fingerprint density at radius 2 is 2.19 bits per heavy atom. The lowest BCUT2D eigenvalue weighted by Crippen LogP contribution is -2.32. The summed E-state index contributed by atoms with van der Waals surface area (Å²) in [5.41, 5.74) is 2.84. The molecule has 116 valence electrons. The van der Waals surface area contributed by atoms with E-state index in [4.69, 9.17) is 5.26 Å². The number of nitrogens with one attached hydrogen (secondary N) is 2. The van der Waals surface area contributed by atoms with Gasteiger partial charge in [-0.05, 0) is 32.1 Å². The number of nitrogens with zero attached hydrogens (tertiary/aromatic N) is 2. The first-order chi connectivity index (χ1) is 10.0. The molecule has 1 aromatic rings. The van der Waals surface area contributed by atoms with Crippen LogP contribution in [-0.4, -0.2) is 36.6 Å². The van der Waals surface area contributed by atoms with Crippen molar-refractivity contribution in [2.24, 2.45) is 0 Å². The first-order valence-electron chi connectivity index (χ1n) is 7.55. The van der Waals surface area contributed by atoms with Gasteiger partial charge in [0.05, 0.1) is 12.1 Å². The molecule has 5 heteroatoms. The van der Waals surface area contributed by atoms with E-state index in [0.717, 1.165) is 25.2 Å². The predicted molar refractivity (Wildman–Crippen MR) is 85.2 cm³/mol. The fraction of sp³-hybridized carbons (Fsp3) is 0.625. The molecule has 2 rings (SSSR count). The van der Waals surface area contributed by atoms with E-state index in [1.54, 1.807) is 7.05 Å². The number of aromatic nitrogens is 1. The van der Waals surface area contributed by atoms with E-state index in [2.05, 4.69) is 35.1 Å². The Kier molecular flexibility index (Phi) is 7.13. The Morgan fingerprint density at radius 3 is 2.76 bits per heavy atom. The quantitative estimate of drug-likeness (QED) is 0.883. The van der Waals surface area contributed by atoms with Gasteiger partial charge < -0.3 is 15.2 Å². The van der Waals surface area contributed by atoms with Crippen LogP contribution in [0.2, 0.25) is 0 Å². The van der Waals surface area contributed by atoms with E-state index < -0.39 is 0 Å².